The Morgan fingerprint density at radius 3 is 2.50 bits per heavy atom. The Morgan fingerprint density at radius 1 is 1.08 bits per heavy atom. The quantitative estimate of drug-likeness (QED) is 0.473. The van der Waals surface area contributed by atoms with Gasteiger partial charge in [0.25, 0.3) is 0 Å². The largest absolute Gasteiger partial charge is 0.435 e. The van der Waals surface area contributed by atoms with Gasteiger partial charge in [0.1, 0.15) is 0 Å². The van der Waals surface area contributed by atoms with E-state index in [0.29, 0.717) is 10.5 Å². The molecule has 2 rings (SSSR count). The number of methoxy groups -OCH3 is 1. The number of benzene rings is 2. The van der Waals surface area contributed by atoms with Crippen LogP contribution in [0.25, 0.3) is 0 Å². The predicted molar refractivity (Wildman–Crippen MR) is 94.3 cm³/mol. The van der Waals surface area contributed by atoms with Crippen LogP contribution in [0.1, 0.15) is 15.9 Å². The summed E-state index contributed by atoms with van der Waals surface area (Å²) < 4.78 is 9.69. The van der Waals surface area contributed by atoms with E-state index >= 15 is 0 Å². The van der Waals surface area contributed by atoms with E-state index in [1.54, 1.807) is 18.2 Å². The third-order valence-electron chi connectivity index (χ3n) is 3.11. The average Bonchev–Trinajstić information content (AvgIpc) is 2.60. The highest BCUT2D eigenvalue weighted by molar-refractivity contribution is 8.00. The second kappa shape index (κ2) is 9.10. The van der Waals surface area contributed by atoms with Gasteiger partial charge in [-0.1, -0.05) is 29.8 Å². The van der Waals surface area contributed by atoms with Gasteiger partial charge in [0.05, 0.1) is 11.3 Å². The van der Waals surface area contributed by atoms with Crippen LogP contribution in [0.4, 0.5) is 5.69 Å². The van der Waals surface area contributed by atoms with Crippen LogP contribution in [-0.2, 0) is 14.3 Å². The zero-order chi connectivity index (χ0) is 17.4. The minimum Gasteiger partial charge on any atom is -0.435 e. The summed E-state index contributed by atoms with van der Waals surface area (Å²) in [7, 11) is 1.45. The standard InChI is InChI=1S/C18H19NO4S/c1-13-7-9-14(10-8-13)19-17(20)11-24-16-6-4-3-5-15(16)18(21)23-12-22-2/h3-10H,11-12H2,1-2H3,(H,19,20). The van der Waals surface area contributed by atoms with Crippen LogP contribution in [0.15, 0.2) is 53.4 Å². The van der Waals surface area contributed by atoms with Crippen LogP contribution in [0, 0.1) is 6.92 Å². The SMILES string of the molecule is COCOC(=O)c1ccccc1SCC(=O)Nc1ccc(C)cc1. The molecule has 0 saturated heterocycles. The molecule has 0 aromatic heterocycles. The van der Waals surface area contributed by atoms with E-state index < -0.39 is 5.97 Å². The number of rotatable bonds is 7. The monoisotopic (exact) mass is 345 g/mol. The third kappa shape index (κ3) is 5.40. The maximum absolute atomic E-state index is 12.1. The molecule has 5 nitrogen and oxygen atoms in total. The van der Waals surface area contributed by atoms with E-state index in [1.807, 2.05) is 37.3 Å². The van der Waals surface area contributed by atoms with Gasteiger partial charge in [-0.3, -0.25) is 4.79 Å². The zero-order valence-electron chi connectivity index (χ0n) is 13.6. The van der Waals surface area contributed by atoms with Crippen LogP contribution in [0.5, 0.6) is 0 Å². The Balaban J connectivity index is 1.95. The molecular weight excluding hydrogens is 326 g/mol. The maximum atomic E-state index is 12.1. The van der Waals surface area contributed by atoms with Gasteiger partial charge >= 0.3 is 5.97 Å². The fourth-order valence-corrected chi connectivity index (χ4v) is 2.77. The maximum Gasteiger partial charge on any atom is 0.341 e. The van der Waals surface area contributed by atoms with Crippen molar-refractivity contribution in [3.8, 4) is 0 Å². The highest BCUT2D eigenvalue weighted by atomic mass is 32.2. The molecular formula is C18H19NO4S. The van der Waals surface area contributed by atoms with Crippen molar-refractivity contribution in [1.82, 2.24) is 0 Å². The number of nitrogens with one attached hydrogen (secondary N) is 1. The molecule has 0 bridgehead atoms. The minimum atomic E-state index is -0.473. The van der Waals surface area contributed by atoms with Crippen LogP contribution in [-0.4, -0.2) is 31.5 Å². The molecule has 1 amide bonds. The third-order valence-corrected chi connectivity index (χ3v) is 4.18. The van der Waals surface area contributed by atoms with Gasteiger partial charge in [-0.2, -0.15) is 0 Å². The average molecular weight is 345 g/mol. The van der Waals surface area contributed by atoms with Crippen molar-refractivity contribution < 1.29 is 19.1 Å². The van der Waals surface area contributed by atoms with Gasteiger partial charge in [-0.15, -0.1) is 11.8 Å². The van der Waals surface area contributed by atoms with Crippen molar-refractivity contribution in [2.24, 2.45) is 0 Å². The van der Waals surface area contributed by atoms with E-state index in [9.17, 15) is 9.59 Å². The molecule has 0 aliphatic carbocycles. The van der Waals surface area contributed by atoms with Crippen molar-refractivity contribution in [2.45, 2.75) is 11.8 Å². The molecule has 0 unspecified atom stereocenters. The normalized spacial score (nSPS) is 10.2. The molecule has 0 fully saturated rings. The molecule has 0 aliphatic heterocycles. The molecule has 2 aromatic carbocycles. The molecule has 0 atom stereocenters. The lowest BCUT2D eigenvalue weighted by Gasteiger charge is -2.09. The molecule has 6 heteroatoms. The van der Waals surface area contributed by atoms with Crippen molar-refractivity contribution >= 4 is 29.3 Å². The second-order valence-electron chi connectivity index (χ2n) is 5.04. The Hall–Kier alpha value is -2.31. The predicted octanol–water partition coefficient (Wildman–Crippen LogP) is 3.49. The van der Waals surface area contributed by atoms with Crippen molar-refractivity contribution in [3.05, 3.63) is 59.7 Å². The van der Waals surface area contributed by atoms with E-state index in [0.717, 1.165) is 11.3 Å². The number of esters is 1. The van der Waals surface area contributed by atoms with Crippen LogP contribution in [0.3, 0.4) is 0 Å². The summed E-state index contributed by atoms with van der Waals surface area (Å²) in [5.74, 6) is -0.412. The van der Waals surface area contributed by atoms with E-state index in [-0.39, 0.29) is 18.5 Å². The van der Waals surface area contributed by atoms with Crippen LogP contribution < -0.4 is 5.32 Å². The molecule has 126 valence electrons. The summed E-state index contributed by atoms with van der Waals surface area (Å²) >= 11 is 1.29. The molecule has 0 aliphatic rings. The van der Waals surface area contributed by atoms with Crippen molar-refractivity contribution in [1.29, 1.82) is 0 Å². The number of carbonyl (C=O) groups is 2. The molecule has 24 heavy (non-hydrogen) atoms. The first-order chi connectivity index (χ1) is 11.6. The second-order valence-corrected chi connectivity index (χ2v) is 6.05. The fourth-order valence-electron chi connectivity index (χ4n) is 1.93. The molecule has 1 N–H and O–H groups in total. The zero-order valence-corrected chi connectivity index (χ0v) is 14.4. The van der Waals surface area contributed by atoms with Gasteiger partial charge < -0.3 is 14.8 Å². The summed E-state index contributed by atoms with van der Waals surface area (Å²) in [6.45, 7) is 1.88. The van der Waals surface area contributed by atoms with Gasteiger partial charge in [0, 0.05) is 17.7 Å². The van der Waals surface area contributed by atoms with E-state index in [2.05, 4.69) is 5.32 Å². The van der Waals surface area contributed by atoms with Crippen molar-refractivity contribution in [2.75, 3.05) is 25.0 Å². The van der Waals surface area contributed by atoms with Gasteiger partial charge in [0.15, 0.2) is 6.79 Å². The number of anilines is 1. The molecule has 0 saturated carbocycles. The van der Waals surface area contributed by atoms with Gasteiger partial charge in [-0.05, 0) is 31.2 Å². The number of aryl methyl sites for hydroxylation is 1. The van der Waals surface area contributed by atoms with Crippen molar-refractivity contribution in [3.63, 3.8) is 0 Å². The van der Waals surface area contributed by atoms with E-state index in [1.165, 1.54) is 18.9 Å². The smallest absolute Gasteiger partial charge is 0.341 e. The molecule has 0 heterocycles. The molecule has 2 aromatic rings. The summed E-state index contributed by atoms with van der Waals surface area (Å²) in [6, 6.07) is 14.6. The lowest BCUT2D eigenvalue weighted by Crippen LogP contribution is -2.14. The van der Waals surface area contributed by atoms with Crippen LogP contribution >= 0.6 is 11.8 Å². The Kier molecular flexibility index (Phi) is 6.84. The Labute approximate surface area is 145 Å². The summed E-state index contributed by atoms with van der Waals surface area (Å²) in [5.41, 5.74) is 2.30. The number of hydrogen-bond acceptors (Lipinski definition) is 5. The molecule has 0 spiro atoms. The Morgan fingerprint density at radius 2 is 1.79 bits per heavy atom. The minimum absolute atomic E-state index is 0.105. The summed E-state index contributed by atoms with van der Waals surface area (Å²) in [6.07, 6.45) is 0. The van der Waals surface area contributed by atoms with Gasteiger partial charge in [0.2, 0.25) is 5.91 Å². The molecule has 0 radical (unpaired) electrons. The lowest BCUT2D eigenvalue weighted by atomic mass is 10.2. The number of thioether (sulfide) groups is 1. The topological polar surface area (TPSA) is 64.6 Å². The first kappa shape index (κ1) is 18.0. The first-order valence-electron chi connectivity index (χ1n) is 7.34. The number of amides is 1. The lowest BCUT2D eigenvalue weighted by molar-refractivity contribution is -0.113. The number of hydrogen-bond donors (Lipinski definition) is 1. The van der Waals surface area contributed by atoms with Crippen LogP contribution in [0.2, 0.25) is 0 Å². The highest BCUT2D eigenvalue weighted by Gasteiger charge is 2.14. The Bertz CT molecular complexity index is 700. The number of carbonyl (C=O) groups excluding carboxylic acids is 2. The summed E-state index contributed by atoms with van der Waals surface area (Å²) in [5, 5.41) is 2.83. The summed E-state index contributed by atoms with van der Waals surface area (Å²) in [4.78, 5) is 24.7. The first-order valence-corrected chi connectivity index (χ1v) is 8.33. The van der Waals surface area contributed by atoms with E-state index in [4.69, 9.17) is 9.47 Å². The number of ether oxygens (including phenoxy) is 2. The fraction of sp³-hybridized carbons (Fsp3) is 0.222. The van der Waals surface area contributed by atoms with Gasteiger partial charge in [-0.25, -0.2) is 4.79 Å². The highest BCUT2D eigenvalue weighted by Crippen LogP contribution is 2.23.